The molecular weight excluding hydrogens is 510 g/mol. The van der Waals surface area contributed by atoms with E-state index in [1.165, 1.54) is 19.2 Å². The zero-order valence-electron chi connectivity index (χ0n) is 23.4. The number of pyridine rings is 1. The molecule has 4 aromatic rings. The molecule has 2 aliphatic carbocycles. The van der Waals surface area contributed by atoms with E-state index in [1.54, 1.807) is 0 Å². The van der Waals surface area contributed by atoms with Gasteiger partial charge in [-0.3, -0.25) is 14.4 Å². The van der Waals surface area contributed by atoms with Crippen molar-refractivity contribution in [3.05, 3.63) is 101 Å². The van der Waals surface area contributed by atoms with Crippen LogP contribution in [0.4, 0.5) is 5.82 Å². The van der Waals surface area contributed by atoms with Crippen LogP contribution in [-0.2, 0) is 13.5 Å². The van der Waals surface area contributed by atoms with Gasteiger partial charge in [-0.25, -0.2) is 9.97 Å². The maximum atomic E-state index is 14.1. The number of aryl methyl sites for hydroxylation is 1. The Morgan fingerprint density at radius 1 is 1.12 bits per heavy atom. The Balaban J connectivity index is 1.22. The van der Waals surface area contributed by atoms with Crippen molar-refractivity contribution in [2.75, 3.05) is 5.73 Å². The molecule has 1 aliphatic heterocycles. The molecule has 0 amide bonds. The Morgan fingerprint density at radius 3 is 2.61 bits per heavy atom. The molecular formula is C33H33N7O. The lowest BCUT2D eigenvalue weighted by molar-refractivity contribution is 0.435. The minimum atomic E-state index is -0.678. The van der Waals surface area contributed by atoms with E-state index in [9.17, 15) is 4.79 Å². The molecule has 8 nitrogen and oxygen atoms in total. The lowest BCUT2D eigenvalue weighted by atomic mass is 9.80. The molecule has 1 atom stereocenters. The molecule has 1 spiro atoms. The Labute approximate surface area is 238 Å². The molecule has 0 bridgehead atoms. The van der Waals surface area contributed by atoms with Gasteiger partial charge in [0.05, 0.1) is 10.9 Å². The van der Waals surface area contributed by atoms with Gasteiger partial charge in [0.15, 0.2) is 0 Å². The number of nitrogens with zero attached hydrogens (tertiary/aromatic N) is 5. The number of aliphatic imine (C=N–C) groups is 1. The Hall–Kier alpha value is -4.72. The predicted octanol–water partition coefficient (Wildman–Crippen LogP) is 5.28. The fourth-order valence-corrected chi connectivity index (χ4v) is 6.43. The van der Waals surface area contributed by atoms with E-state index >= 15 is 0 Å². The predicted molar refractivity (Wildman–Crippen MR) is 166 cm³/mol. The van der Waals surface area contributed by atoms with Crippen molar-refractivity contribution in [1.82, 2.24) is 24.4 Å². The monoisotopic (exact) mass is 543 g/mol. The average Bonchev–Trinajstić information content (AvgIpc) is 3.60. The normalized spacial score (nSPS) is 20.6. The summed E-state index contributed by atoms with van der Waals surface area (Å²) in [6.45, 7) is 10.8. The second-order valence-electron chi connectivity index (χ2n) is 12.0. The first kappa shape index (κ1) is 25.3. The van der Waals surface area contributed by atoms with E-state index in [0.29, 0.717) is 23.5 Å². The van der Waals surface area contributed by atoms with Gasteiger partial charge in [-0.2, -0.15) is 0 Å². The van der Waals surface area contributed by atoms with Gasteiger partial charge >= 0.3 is 0 Å². The van der Waals surface area contributed by atoms with Crippen LogP contribution in [0.2, 0.25) is 0 Å². The lowest BCUT2D eigenvalue weighted by Gasteiger charge is -2.32. The van der Waals surface area contributed by atoms with E-state index in [2.05, 4.69) is 34.5 Å². The van der Waals surface area contributed by atoms with E-state index in [0.717, 1.165) is 57.5 Å². The highest BCUT2D eigenvalue weighted by Crippen LogP contribution is 2.57. The third kappa shape index (κ3) is 4.13. The fraction of sp³-hybridized carbons (Fsp3) is 0.273. The van der Waals surface area contributed by atoms with Crippen molar-refractivity contribution >= 4 is 39.9 Å². The van der Waals surface area contributed by atoms with Crippen LogP contribution in [0.5, 0.6) is 0 Å². The summed E-state index contributed by atoms with van der Waals surface area (Å²) in [6, 6.07) is 11.9. The summed E-state index contributed by atoms with van der Waals surface area (Å²) in [4.78, 5) is 27.6. The van der Waals surface area contributed by atoms with Crippen LogP contribution in [0.3, 0.4) is 0 Å². The number of benzene rings is 1. The van der Waals surface area contributed by atoms with Crippen LogP contribution in [0.15, 0.2) is 77.9 Å². The zero-order valence-corrected chi connectivity index (χ0v) is 23.4. The van der Waals surface area contributed by atoms with Crippen molar-refractivity contribution < 1.29 is 0 Å². The van der Waals surface area contributed by atoms with Crippen molar-refractivity contribution in [1.29, 1.82) is 0 Å². The van der Waals surface area contributed by atoms with Crippen LogP contribution < -0.4 is 16.6 Å². The van der Waals surface area contributed by atoms with E-state index in [4.69, 9.17) is 10.7 Å². The van der Waals surface area contributed by atoms with Gasteiger partial charge in [0, 0.05) is 48.5 Å². The SMILES string of the molecule is C=C1CC2(CC2)Cc2c1cc(C(=C)NC1(C)CC=C(c3cn(C)c4ncnc(N)c34)C=N1)c(=O)n2-c1ccccc1. The van der Waals surface area contributed by atoms with Gasteiger partial charge < -0.3 is 15.6 Å². The van der Waals surface area contributed by atoms with Crippen LogP contribution in [0.25, 0.3) is 33.6 Å². The highest BCUT2D eigenvalue weighted by molar-refractivity contribution is 6.16. The highest BCUT2D eigenvalue weighted by Gasteiger charge is 2.47. The molecule has 1 unspecified atom stereocenters. The summed E-state index contributed by atoms with van der Waals surface area (Å²) in [6.07, 6.45) is 12.3. The van der Waals surface area contributed by atoms with Crippen molar-refractivity contribution in [3.63, 3.8) is 0 Å². The van der Waals surface area contributed by atoms with Gasteiger partial charge in [-0.05, 0) is 72.9 Å². The van der Waals surface area contributed by atoms with Crippen LogP contribution >= 0.6 is 0 Å². The maximum absolute atomic E-state index is 14.1. The number of hydrogen-bond donors (Lipinski definition) is 2. The largest absolute Gasteiger partial charge is 0.383 e. The Bertz CT molecular complexity index is 1890. The molecule has 3 aromatic heterocycles. The Morgan fingerprint density at radius 2 is 1.90 bits per heavy atom. The number of aromatic nitrogens is 4. The number of anilines is 1. The molecule has 1 aromatic carbocycles. The molecule has 4 heterocycles. The molecule has 1 fully saturated rings. The number of nitrogens with two attached hydrogens (primary N) is 1. The fourth-order valence-electron chi connectivity index (χ4n) is 6.43. The molecule has 0 saturated heterocycles. The van der Waals surface area contributed by atoms with Gasteiger partial charge in [0.1, 0.15) is 23.5 Å². The maximum Gasteiger partial charge on any atom is 0.264 e. The number of allylic oxidation sites excluding steroid dienone is 2. The summed E-state index contributed by atoms with van der Waals surface area (Å²) in [7, 11) is 1.94. The number of para-hydroxylation sites is 1. The standard InChI is InChI=1S/C33H33N7O/c1-20-15-33(12-13-33)16-27-24(20)14-25(31(41)40(27)23-8-6-5-7-9-23)21(2)38-32(3)11-10-22(17-37-32)26-18-39(4)30-28(26)29(34)35-19-36-30/h5-10,14,17-19,38H,1-2,11-13,15-16H2,3-4H3,(H2,34,35,36). The van der Waals surface area contributed by atoms with Crippen molar-refractivity contribution in [2.45, 2.75) is 44.7 Å². The average molecular weight is 544 g/mol. The summed E-state index contributed by atoms with van der Waals surface area (Å²) < 4.78 is 3.82. The molecule has 7 rings (SSSR count). The number of fused-ring (bicyclic) bond motifs is 2. The van der Waals surface area contributed by atoms with Crippen LogP contribution in [0, 0.1) is 5.41 Å². The van der Waals surface area contributed by atoms with E-state index in [-0.39, 0.29) is 11.0 Å². The van der Waals surface area contributed by atoms with Crippen LogP contribution in [0.1, 0.15) is 55.0 Å². The second kappa shape index (κ2) is 8.89. The zero-order chi connectivity index (χ0) is 28.5. The van der Waals surface area contributed by atoms with Gasteiger partial charge in [-0.15, -0.1) is 0 Å². The summed E-state index contributed by atoms with van der Waals surface area (Å²) >= 11 is 0. The van der Waals surface area contributed by atoms with E-state index < -0.39 is 5.66 Å². The molecule has 8 heteroatoms. The number of nitrogen functional groups attached to an aromatic ring is 1. The number of nitrogens with one attached hydrogen (secondary N) is 1. The topological polar surface area (TPSA) is 103 Å². The quantitative estimate of drug-likeness (QED) is 0.357. The minimum Gasteiger partial charge on any atom is -0.383 e. The molecule has 1 saturated carbocycles. The molecule has 3 aliphatic rings. The third-order valence-electron chi connectivity index (χ3n) is 8.83. The molecule has 0 radical (unpaired) electrons. The van der Waals surface area contributed by atoms with Gasteiger partial charge in [-0.1, -0.05) is 37.4 Å². The van der Waals surface area contributed by atoms with Gasteiger partial charge in [0.2, 0.25) is 0 Å². The number of hydrogen-bond acceptors (Lipinski definition) is 6. The van der Waals surface area contributed by atoms with Crippen LogP contribution in [-0.4, -0.2) is 31.0 Å². The smallest absolute Gasteiger partial charge is 0.264 e. The first-order valence-corrected chi connectivity index (χ1v) is 14.0. The minimum absolute atomic E-state index is 0.0798. The first-order valence-electron chi connectivity index (χ1n) is 14.0. The first-order chi connectivity index (χ1) is 19.7. The van der Waals surface area contributed by atoms with Crippen molar-refractivity contribution in [2.24, 2.45) is 17.5 Å². The summed E-state index contributed by atoms with van der Waals surface area (Å²) in [5.74, 6) is 0.441. The Kier molecular flexibility index (Phi) is 5.48. The summed E-state index contributed by atoms with van der Waals surface area (Å²) in [5.41, 5.74) is 13.5. The highest BCUT2D eigenvalue weighted by atomic mass is 16.1. The van der Waals surface area contributed by atoms with E-state index in [1.807, 2.05) is 71.9 Å². The lowest BCUT2D eigenvalue weighted by Crippen LogP contribution is -2.41. The molecule has 3 N–H and O–H groups in total. The second-order valence-corrected chi connectivity index (χ2v) is 12.0. The summed E-state index contributed by atoms with van der Waals surface area (Å²) in [5, 5.41) is 4.29. The number of dihydropyridines is 1. The van der Waals surface area contributed by atoms with Gasteiger partial charge in [0.25, 0.3) is 5.56 Å². The number of rotatable bonds is 5. The third-order valence-corrected chi connectivity index (χ3v) is 8.83. The molecule has 206 valence electrons. The van der Waals surface area contributed by atoms with Crippen molar-refractivity contribution in [3.8, 4) is 5.69 Å². The molecule has 41 heavy (non-hydrogen) atoms.